The van der Waals surface area contributed by atoms with Gasteiger partial charge in [-0.1, -0.05) is 12.5 Å². The maximum absolute atomic E-state index is 10.4. The summed E-state index contributed by atoms with van der Waals surface area (Å²) in [6, 6.07) is 0. The van der Waals surface area contributed by atoms with E-state index >= 15 is 0 Å². The van der Waals surface area contributed by atoms with E-state index in [-0.39, 0.29) is 6.10 Å². The third kappa shape index (κ3) is 1.75. The molecule has 3 aliphatic carbocycles. The number of allylic oxidation sites excluding steroid dienone is 1. The van der Waals surface area contributed by atoms with Crippen LogP contribution in [0, 0.1) is 17.8 Å². The summed E-state index contributed by atoms with van der Waals surface area (Å²) in [6.07, 6.45) is 12.8. The molecular weight excluding hydrogens is 184 g/mol. The van der Waals surface area contributed by atoms with Crippen LogP contribution in [0.25, 0.3) is 0 Å². The highest BCUT2D eigenvalue weighted by molar-refractivity contribution is 5.14. The van der Waals surface area contributed by atoms with Gasteiger partial charge in [0.25, 0.3) is 0 Å². The summed E-state index contributed by atoms with van der Waals surface area (Å²) >= 11 is 0. The molecule has 84 valence electrons. The third-order valence-corrected chi connectivity index (χ3v) is 4.90. The minimum absolute atomic E-state index is 0.0828. The number of rotatable bonds is 2. The van der Waals surface area contributed by atoms with Gasteiger partial charge in [-0.15, -0.1) is 0 Å². The van der Waals surface area contributed by atoms with Gasteiger partial charge in [0, 0.05) is 0 Å². The highest BCUT2D eigenvalue weighted by atomic mass is 16.3. The molecule has 0 saturated heterocycles. The fraction of sp³-hybridized carbons (Fsp3) is 0.857. The van der Waals surface area contributed by atoms with E-state index in [4.69, 9.17) is 0 Å². The lowest BCUT2D eigenvalue weighted by Gasteiger charge is -2.29. The summed E-state index contributed by atoms with van der Waals surface area (Å²) in [5.41, 5.74) is 1.37. The topological polar surface area (TPSA) is 20.2 Å². The van der Waals surface area contributed by atoms with E-state index in [0.29, 0.717) is 5.92 Å². The summed E-state index contributed by atoms with van der Waals surface area (Å²) in [5.74, 6) is 2.43. The summed E-state index contributed by atoms with van der Waals surface area (Å²) < 4.78 is 0. The zero-order valence-electron chi connectivity index (χ0n) is 9.49. The Labute approximate surface area is 92.6 Å². The highest BCUT2D eigenvalue weighted by Gasteiger charge is 2.43. The predicted octanol–water partition coefficient (Wildman–Crippen LogP) is 3.28. The molecule has 3 aliphatic rings. The van der Waals surface area contributed by atoms with Gasteiger partial charge < -0.3 is 5.11 Å². The van der Waals surface area contributed by atoms with Crippen LogP contribution in [0.1, 0.15) is 51.4 Å². The van der Waals surface area contributed by atoms with Gasteiger partial charge in [0.05, 0.1) is 6.10 Å². The van der Waals surface area contributed by atoms with Gasteiger partial charge >= 0.3 is 0 Å². The summed E-state index contributed by atoms with van der Waals surface area (Å²) in [6.45, 7) is 0. The number of hydrogen-bond donors (Lipinski definition) is 1. The van der Waals surface area contributed by atoms with Crippen molar-refractivity contribution in [3.8, 4) is 0 Å². The Balaban J connectivity index is 1.69. The maximum Gasteiger partial charge on any atom is 0.0781 e. The molecule has 0 aromatic carbocycles. The first-order valence-corrected chi connectivity index (χ1v) is 6.71. The normalized spacial score (nSPS) is 41.7. The van der Waals surface area contributed by atoms with E-state index in [2.05, 4.69) is 6.08 Å². The van der Waals surface area contributed by atoms with Crippen LogP contribution in [0.15, 0.2) is 11.6 Å². The van der Waals surface area contributed by atoms with Gasteiger partial charge in [-0.3, -0.25) is 0 Å². The Morgan fingerprint density at radius 3 is 2.73 bits per heavy atom. The Kier molecular flexibility index (Phi) is 2.59. The summed E-state index contributed by atoms with van der Waals surface area (Å²) in [4.78, 5) is 0. The SMILES string of the molecule is OC(C1=CCCCC1)C1CC2CCC1C2. The Morgan fingerprint density at radius 2 is 2.13 bits per heavy atom. The van der Waals surface area contributed by atoms with Gasteiger partial charge in [-0.2, -0.15) is 0 Å². The van der Waals surface area contributed by atoms with E-state index < -0.39 is 0 Å². The second kappa shape index (κ2) is 3.93. The molecule has 2 saturated carbocycles. The second-order valence-corrected chi connectivity index (χ2v) is 5.81. The average Bonchev–Trinajstić information content (AvgIpc) is 2.91. The van der Waals surface area contributed by atoms with Gasteiger partial charge in [0.15, 0.2) is 0 Å². The van der Waals surface area contributed by atoms with Gasteiger partial charge in [0.1, 0.15) is 0 Å². The fourth-order valence-electron chi connectivity index (χ4n) is 4.09. The van der Waals surface area contributed by atoms with Crippen molar-refractivity contribution in [3.63, 3.8) is 0 Å². The zero-order valence-corrected chi connectivity index (χ0v) is 9.49. The smallest absolute Gasteiger partial charge is 0.0781 e. The molecule has 1 heteroatoms. The summed E-state index contributed by atoms with van der Waals surface area (Å²) in [5, 5.41) is 10.4. The molecule has 4 atom stereocenters. The molecule has 2 fully saturated rings. The molecule has 2 bridgehead atoms. The number of hydrogen-bond acceptors (Lipinski definition) is 1. The van der Waals surface area contributed by atoms with Crippen molar-refractivity contribution >= 4 is 0 Å². The lowest BCUT2D eigenvalue weighted by molar-refractivity contribution is 0.0997. The maximum atomic E-state index is 10.4. The average molecular weight is 206 g/mol. The predicted molar refractivity (Wildman–Crippen MR) is 61.5 cm³/mol. The van der Waals surface area contributed by atoms with Gasteiger partial charge in [-0.25, -0.2) is 0 Å². The van der Waals surface area contributed by atoms with Gasteiger partial charge in [0.2, 0.25) is 0 Å². The molecule has 0 amide bonds. The molecule has 1 nitrogen and oxygen atoms in total. The lowest BCUT2D eigenvalue weighted by atomic mass is 9.79. The van der Waals surface area contributed by atoms with Crippen molar-refractivity contribution in [3.05, 3.63) is 11.6 Å². The minimum Gasteiger partial charge on any atom is -0.388 e. The van der Waals surface area contributed by atoms with Crippen LogP contribution >= 0.6 is 0 Å². The van der Waals surface area contributed by atoms with Crippen molar-refractivity contribution in [2.75, 3.05) is 0 Å². The first-order valence-electron chi connectivity index (χ1n) is 6.71. The second-order valence-electron chi connectivity index (χ2n) is 5.81. The standard InChI is InChI=1S/C14H22O/c15-14(11-4-2-1-3-5-11)13-9-10-6-7-12(13)8-10/h4,10,12-15H,1-3,5-9H2. The zero-order chi connectivity index (χ0) is 10.3. The fourth-order valence-corrected chi connectivity index (χ4v) is 4.09. The van der Waals surface area contributed by atoms with Crippen molar-refractivity contribution in [1.82, 2.24) is 0 Å². The van der Waals surface area contributed by atoms with Crippen LogP contribution in [0.3, 0.4) is 0 Å². The highest BCUT2D eigenvalue weighted by Crippen LogP contribution is 2.50. The Hall–Kier alpha value is -0.300. The largest absolute Gasteiger partial charge is 0.388 e. The van der Waals surface area contributed by atoms with Crippen molar-refractivity contribution in [1.29, 1.82) is 0 Å². The van der Waals surface area contributed by atoms with Crippen LogP contribution in [-0.4, -0.2) is 11.2 Å². The van der Waals surface area contributed by atoms with Crippen molar-refractivity contribution in [2.24, 2.45) is 17.8 Å². The number of aliphatic hydroxyl groups excluding tert-OH is 1. The van der Waals surface area contributed by atoms with E-state index in [1.807, 2.05) is 0 Å². The molecule has 0 aromatic rings. The molecular formula is C14H22O. The quantitative estimate of drug-likeness (QED) is 0.687. The van der Waals surface area contributed by atoms with Crippen LogP contribution in [0.2, 0.25) is 0 Å². The number of aliphatic hydroxyl groups is 1. The molecule has 0 spiro atoms. The summed E-state index contributed by atoms with van der Waals surface area (Å²) in [7, 11) is 0. The Bertz CT molecular complexity index is 269. The third-order valence-electron chi connectivity index (χ3n) is 4.90. The van der Waals surface area contributed by atoms with Gasteiger partial charge in [-0.05, 0) is 68.3 Å². The molecule has 0 aromatic heterocycles. The van der Waals surface area contributed by atoms with E-state index in [0.717, 1.165) is 18.3 Å². The van der Waals surface area contributed by atoms with Crippen LogP contribution in [-0.2, 0) is 0 Å². The molecule has 4 unspecified atom stereocenters. The number of fused-ring (bicyclic) bond motifs is 2. The molecule has 3 rings (SSSR count). The minimum atomic E-state index is -0.0828. The van der Waals surface area contributed by atoms with E-state index in [1.54, 1.807) is 0 Å². The van der Waals surface area contributed by atoms with Crippen LogP contribution in [0.5, 0.6) is 0 Å². The van der Waals surface area contributed by atoms with Crippen molar-refractivity contribution < 1.29 is 5.11 Å². The first-order chi connectivity index (χ1) is 7.34. The van der Waals surface area contributed by atoms with E-state index in [1.165, 1.54) is 50.5 Å². The van der Waals surface area contributed by atoms with Crippen LogP contribution < -0.4 is 0 Å². The monoisotopic (exact) mass is 206 g/mol. The first kappa shape index (κ1) is 9.89. The molecule has 1 N–H and O–H groups in total. The van der Waals surface area contributed by atoms with E-state index in [9.17, 15) is 5.11 Å². The van der Waals surface area contributed by atoms with Crippen molar-refractivity contribution in [2.45, 2.75) is 57.5 Å². The lowest BCUT2D eigenvalue weighted by Crippen LogP contribution is -2.28. The molecule has 0 heterocycles. The van der Waals surface area contributed by atoms with Crippen LogP contribution in [0.4, 0.5) is 0 Å². The molecule has 15 heavy (non-hydrogen) atoms. The molecule has 0 aliphatic heterocycles. The Morgan fingerprint density at radius 1 is 1.20 bits per heavy atom. The molecule has 0 radical (unpaired) electrons.